The summed E-state index contributed by atoms with van der Waals surface area (Å²) < 4.78 is 17.1. The molecule has 1 atom stereocenters. The summed E-state index contributed by atoms with van der Waals surface area (Å²) in [5.41, 5.74) is 14.4. The van der Waals surface area contributed by atoms with Gasteiger partial charge in [0.1, 0.15) is 17.7 Å². The number of ether oxygens (including phenoxy) is 2. The van der Waals surface area contributed by atoms with Crippen molar-refractivity contribution in [3.63, 3.8) is 0 Å². The van der Waals surface area contributed by atoms with Crippen molar-refractivity contribution in [2.75, 3.05) is 25.7 Å². The quantitative estimate of drug-likeness (QED) is 0.445. The second-order valence-electron chi connectivity index (χ2n) is 6.79. The minimum Gasteiger partial charge on any atom is -0.493 e. The van der Waals surface area contributed by atoms with Gasteiger partial charge >= 0.3 is 0 Å². The van der Waals surface area contributed by atoms with Crippen LogP contribution >= 0.6 is 0 Å². The van der Waals surface area contributed by atoms with Crippen molar-refractivity contribution in [1.82, 2.24) is 9.97 Å². The van der Waals surface area contributed by atoms with Crippen molar-refractivity contribution in [2.24, 2.45) is 0 Å². The molecule has 0 saturated carbocycles. The van der Waals surface area contributed by atoms with E-state index in [0.717, 1.165) is 16.5 Å². The highest BCUT2D eigenvalue weighted by atomic mass is 16.5. The number of hydrogen-bond acceptors (Lipinski definition) is 8. The molecule has 2 aromatic heterocycles. The Hall–Kier alpha value is -3.78. The molecule has 1 unspecified atom stereocenters. The molecule has 0 saturated heterocycles. The van der Waals surface area contributed by atoms with Crippen molar-refractivity contribution in [3.8, 4) is 11.5 Å². The molecule has 0 radical (unpaired) electrons. The first-order valence-corrected chi connectivity index (χ1v) is 9.29. The fraction of sp³-hybridized carbons (Fsp3) is 0.182. The van der Waals surface area contributed by atoms with E-state index in [9.17, 15) is 5.11 Å². The van der Waals surface area contributed by atoms with Crippen LogP contribution in [-0.4, -0.2) is 29.3 Å². The molecule has 4 aromatic rings. The van der Waals surface area contributed by atoms with E-state index in [4.69, 9.17) is 25.4 Å². The molecule has 2 aromatic carbocycles. The molecule has 0 spiro atoms. The van der Waals surface area contributed by atoms with Gasteiger partial charge in [-0.3, -0.25) is 0 Å². The van der Waals surface area contributed by atoms with Crippen LogP contribution in [0.25, 0.3) is 11.0 Å². The summed E-state index contributed by atoms with van der Waals surface area (Å²) in [7, 11) is 3.09. The van der Waals surface area contributed by atoms with Crippen LogP contribution in [0.3, 0.4) is 0 Å². The van der Waals surface area contributed by atoms with Crippen LogP contribution in [0.2, 0.25) is 0 Å². The summed E-state index contributed by atoms with van der Waals surface area (Å²) in [6.07, 6.45) is 1.09. The zero-order chi connectivity index (χ0) is 21.3. The first kappa shape index (κ1) is 19.5. The highest BCUT2D eigenvalue weighted by Gasteiger charge is 2.23. The molecule has 2 heterocycles. The van der Waals surface area contributed by atoms with E-state index in [1.807, 2.05) is 36.4 Å². The Labute approximate surface area is 173 Å². The molecular weight excluding hydrogens is 384 g/mol. The van der Waals surface area contributed by atoms with Gasteiger partial charge in [0, 0.05) is 23.6 Å². The number of fused-ring (bicyclic) bond motifs is 1. The topological polar surface area (TPSA) is 130 Å². The van der Waals surface area contributed by atoms with Gasteiger partial charge in [0.2, 0.25) is 11.7 Å². The molecule has 0 aliphatic rings. The fourth-order valence-electron chi connectivity index (χ4n) is 3.43. The summed E-state index contributed by atoms with van der Waals surface area (Å²) in [6, 6.07) is 12.9. The Morgan fingerprint density at radius 3 is 2.50 bits per heavy atom. The number of hydrogen-bond donors (Lipinski definition) is 3. The van der Waals surface area contributed by atoms with E-state index in [1.54, 1.807) is 26.5 Å². The smallest absolute Gasteiger partial charge is 0.221 e. The minimum absolute atomic E-state index is 0.116. The van der Waals surface area contributed by atoms with Crippen LogP contribution in [0.1, 0.15) is 28.6 Å². The van der Waals surface area contributed by atoms with Gasteiger partial charge in [-0.05, 0) is 23.3 Å². The lowest BCUT2D eigenvalue weighted by atomic mass is 10.0. The molecule has 4 rings (SSSR count). The Bertz CT molecular complexity index is 1190. The third-order valence-electron chi connectivity index (χ3n) is 4.94. The van der Waals surface area contributed by atoms with Gasteiger partial charge in [0.05, 0.1) is 14.2 Å². The Morgan fingerprint density at radius 1 is 1.07 bits per heavy atom. The maximum atomic E-state index is 10.8. The van der Waals surface area contributed by atoms with E-state index in [1.165, 1.54) is 0 Å². The van der Waals surface area contributed by atoms with E-state index < -0.39 is 6.10 Å². The molecule has 0 aliphatic heterocycles. The number of rotatable bonds is 6. The normalized spacial score (nSPS) is 12.1. The molecular formula is C22H22N4O4. The Morgan fingerprint density at radius 2 is 1.83 bits per heavy atom. The van der Waals surface area contributed by atoms with E-state index in [-0.39, 0.29) is 5.95 Å². The average molecular weight is 406 g/mol. The molecule has 30 heavy (non-hydrogen) atoms. The molecule has 0 fully saturated rings. The maximum Gasteiger partial charge on any atom is 0.221 e. The highest BCUT2D eigenvalue weighted by molar-refractivity contribution is 5.90. The van der Waals surface area contributed by atoms with Crippen molar-refractivity contribution in [1.29, 1.82) is 0 Å². The lowest BCUT2D eigenvalue weighted by molar-refractivity contribution is 0.192. The van der Waals surface area contributed by atoms with Gasteiger partial charge in [0.15, 0.2) is 11.3 Å². The molecule has 0 amide bonds. The molecule has 0 aliphatic carbocycles. The monoisotopic (exact) mass is 406 g/mol. The van der Waals surface area contributed by atoms with Crippen LogP contribution < -0.4 is 20.9 Å². The SMILES string of the molecule is COc1cc(Cc2cnc(N)nc2N)c2cc(C(O)c3ccccc3)oc2c1OC. The standard InChI is InChI=1S/C22H22N4O4/c1-28-17-9-13(8-14-11-25-22(24)26-21(14)23)15-10-16(30-19(15)20(17)29-2)18(27)12-6-4-3-5-7-12/h3-7,9-11,18,27H,8H2,1-2H3,(H4,23,24,25,26). The number of furan rings is 1. The summed E-state index contributed by atoms with van der Waals surface area (Å²) in [5, 5.41) is 11.6. The van der Waals surface area contributed by atoms with Crippen LogP contribution in [0, 0.1) is 0 Å². The molecule has 8 nitrogen and oxygen atoms in total. The van der Waals surface area contributed by atoms with E-state index >= 15 is 0 Å². The number of aliphatic hydroxyl groups is 1. The van der Waals surface area contributed by atoms with Gasteiger partial charge in [-0.25, -0.2) is 4.98 Å². The largest absolute Gasteiger partial charge is 0.493 e. The number of methoxy groups -OCH3 is 2. The summed E-state index contributed by atoms with van der Waals surface area (Å²) in [6.45, 7) is 0. The lowest BCUT2D eigenvalue weighted by Gasteiger charge is -2.12. The maximum absolute atomic E-state index is 10.8. The second-order valence-corrected chi connectivity index (χ2v) is 6.79. The number of aliphatic hydroxyl groups excluding tert-OH is 1. The number of benzene rings is 2. The van der Waals surface area contributed by atoms with Crippen molar-refractivity contribution in [3.05, 3.63) is 71.1 Å². The minimum atomic E-state index is -0.924. The highest BCUT2D eigenvalue weighted by Crippen LogP contribution is 2.42. The number of nitrogens with zero attached hydrogens (tertiary/aromatic N) is 2. The van der Waals surface area contributed by atoms with Gasteiger partial charge in [-0.15, -0.1) is 0 Å². The summed E-state index contributed by atoms with van der Waals surface area (Å²) in [4.78, 5) is 8.06. The van der Waals surface area contributed by atoms with Crippen LogP contribution in [-0.2, 0) is 6.42 Å². The van der Waals surface area contributed by atoms with Crippen LogP contribution in [0.15, 0.2) is 53.1 Å². The van der Waals surface area contributed by atoms with E-state index in [0.29, 0.717) is 40.6 Å². The summed E-state index contributed by atoms with van der Waals surface area (Å²) in [5.74, 6) is 1.77. The van der Waals surface area contributed by atoms with Crippen LogP contribution in [0.4, 0.5) is 11.8 Å². The molecule has 154 valence electrons. The Kier molecular flexibility index (Phi) is 5.16. The van der Waals surface area contributed by atoms with Gasteiger partial charge in [0.25, 0.3) is 0 Å². The van der Waals surface area contributed by atoms with Crippen molar-refractivity contribution >= 4 is 22.7 Å². The first-order chi connectivity index (χ1) is 14.5. The van der Waals surface area contributed by atoms with Gasteiger partial charge < -0.3 is 30.5 Å². The summed E-state index contributed by atoms with van der Waals surface area (Å²) >= 11 is 0. The van der Waals surface area contributed by atoms with Crippen LogP contribution in [0.5, 0.6) is 11.5 Å². The predicted octanol–water partition coefficient (Wildman–Crippen LogP) is 3.08. The molecule has 8 heteroatoms. The zero-order valence-electron chi connectivity index (χ0n) is 16.6. The number of anilines is 2. The second kappa shape index (κ2) is 7.92. The number of aromatic nitrogens is 2. The first-order valence-electron chi connectivity index (χ1n) is 9.29. The number of nitrogens with two attached hydrogens (primary N) is 2. The van der Waals surface area contributed by atoms with Crippen molar-refractivity contribution in [2.45, 2.75) is 12.5 Å². The molecule has 5 N–H and O–H groups in total. The third-order valence-corrected chi connectivity index (χ3v) is 4.94. The Balaban J connectivity index is 1.86. The molecule has 0 bridgehead atoms. The number of nitrogen functional groups attached to an aromatic ring is 2. The van der Waals surface area contributed by atoms with E-state index in [2.05, 4.69) is 9.97 Å². The van der Waals surface area contributed by atoms with Gasteiger partial charge in [-0.1, -0.05) is 30.3 Å². The fourth-order valence-corrected chi connectivity index (χ4v) is 3.43. The zero-order valence-corrected chi connectivity index (χ0v) is 16.6. The van der Waals surface area contributed by atoms with Gasteiger partial charge in [-0.2, -0.15) is 4.98 Å². The average Bonchev–Trinajstić information content (AvgIpc) is 3.21. The van der Waals surface area contributed by atoms with Crippen molar-refractivity contribution < 1.29 is 19.0 Å². The third kappa shape index (κ3) is 3.48. The lowest BCUT2D eigenvalue weighted by Crippen LogP contribution is -2.04. The predicted molar refractivity (Wildman–Crippen MR) is 113 cm³/mol.